The summed E-state index contributed by atoms with van der Waals surface area (Å²) in [4.78, 5) is 0. The van der Waals surface area contributed by atoms with E-state index >= 15 is 0 Å². The van der Waals surface area contributed by atoms with Crippen molar-refractivity contribution in [3.8, 4) is 0 Å². The fourth-order valence-corrected chi connectivity index (χ4v) is 2.06. The largest absolute Gasteiger partial charge is 0.255 e. The van der Waals surface area contributed by atoms with Crippen LogP contribution in [-0.4, -0.2) is 5.92 Å². The monoisotopic (exact) mass is 210 g/mol. The smallest absolute Gasteiger partial charge is 0.206 e. The van der Waals surface area contributed by atoms with Gasteiger partial charge >= 0.3 is 0 Å². The second-order valence-electron chi connectivity index (χ2n) is 4.26. The van der Waals surface area contributed by atoms with Crippen LogP contribution in [0, 0.1) is 0 Å². The van der Waals surface area contributed by atoms with Gasteiger partial charge < -0.3 is 0 Å². The Morgan fingerprint density at radius 1 is 1.27 bits per heavy atom. The van der Waals surface area contributed by atoms with Crippen LogP contribution in [0.25, 0.3) is 0 Å². The van der Waals surface area contributed by atoms with Gasteiger partial charge in [-0.15, -0.1) is 0 Å². The SMILES string of the molecule is CCc1ccc(CC)c(C2CC2(F)F)c1. The second kappa shape index (κ2) is 3.58. The summed E-state index contributed by atoms with van der Waals surface area (Å²) >= 11 is 0. The van der Waals surface area contributed by atoms with Gasteiger partial charge in [0.2, 0.25) is 0 Å². The molecule has 1 saturated carbocycles. The molecule has 0 N–H and O–H groups in total. The molecular formula is C13H16F2. The first-order valence-corrected chi connectivity index (χ1v) is 5.58. The van der Waals surface area contributed by atoms with Crippen molar-refractivity contribution in [2.45, 2.75) is 45.0 Å². The minimum atomic E-state index is -2.45. The molecule has 82 valence electrons. The molecular weight excluding hydrogens is 194 g/mol. The van der Waals surface area contributed by atoms with Gasteiger partial charge in [-0.2, -0.15) is 0 Å². The maximum atomic E-state index is 13.0. The molecule has 0 heterocycles. The van der Waals surface area contributed by atoms with Crippen molar-refractivity contribution in [3.05, 3.63) is 34.9 Å². The molecule has 1 aliphatic carbocycles. The highest BCUT2D eigenvalue weighted by Crippen LogP contribution is 2.56. The van der Waals surface area contributed by atoms with E-state index < -0.39 is 11.8 Å². The molecule has 1 fully saturated rings. The van der Waals surface area contributed by atoms with E-state index in [1.54, 1.807) is 0 Å². The highest BCUT2D eigenvalue weighted by molar-refractivity contribution is 5.39. The molecule has 1 unspecified atom stereocenters. The molecule has 0 radical (unpaired) electrons. The summed E-state index contributed by atoms with van der Waals surface area (Å²) in [5.74, 6) is -2.96. The first-order valence-electron chi connectivity index (χ1n) is 5.58. The average molecular weight is 210 g/mol. The van der Waals surface area contributed by atoms with Crippen molar-refractivity contribution in [1.82, 2.24) is 0 Å². The van der Waals surface area contributed by atoms with Crippen LogP contribution in [0.2, 0.25) is 0 Å². The van der Waals surface area contributed by atoms with Crippen molar-refractivity contribution in [2.75, 3.05) is 0 Å². The Kier molecular flexibility index (Phi) is 2.53. The Bertz CT molecular complexity index is 369. The number of hydrogen-bond acceptors (Lipinski definition) is 0. The Hall–Kier alpha value is -0.920. The lowest BCUT2D eigenvalue weighted by atomic mass is 9.97. The zero-order chi connectivity index (χ0) is 11.1. The van der Waals surface area contributed by atoms with Crippen molar-refractivity contribution in [1.29, 1.82) is 0 Å². The lowest BCUT2D eigenvalue weighted by Gasteiger charge is -2.09. The van der Waals surface area contributed by atoms with Crippen LogP contribution in [0.1, 0.15) is 42.9 Å². The Morgan fingerprint density at radius 3 is 2.40 bits per heavy atom. The third-order valence-corrected chi connectivity index (χ3v) is 3.20. The molecule has 0 bridgehead atoms. The third-order valence-electron chi connectivity index (χ3n) is 3.20. The van der Waals surface area contributed by atoms with E-state index in [2.05, 4.69) is 6.92 Å². The highest BCUT2D eigenvalue weighted by Gasteiger charge is 2.58. The molecule has 0 amide bonds. The summed E-state index contributed by atoms with van der Waals surface area (Å²) in [6.45, 7) is 4.07. The van der Waals surface area contributed by atoms with Gasteiger partial charge in [0.05, 0.1) is 5.92 Å². The fraction of sp³-hybridized carbons (Fsp3) is 0.538. The molecule has 15 heavy (non-hydrogen) atoms. The molecule has 1 aromatic rings. The third kappa shape index (κ3) is 1.90. The first kappa shape index (κ1) is 10.6. The van der Waals surface area contributed by atoms with Gasteiger partial charge in [-0.3, -0.25) is 0 Å². The highest BCUT2D eigenvalue weighted by atomic mass is 19.3. The van der Waals surface area contributed by atoms with Gasteiger partial charge in [-0.25, -0.2) is 8.78 Å². The number of alkyl halides is 2. The average Bonchev–Trinajstić information content (AvgIpc) is 2.86. The quantitative estimate of drug-likeness (QED) is 0.709. The van der Waals surface area contributed by atoms with Crippen LogP contribution in [-0.2, 0) is 12.8 Å². The van der Waals surface area contributed by atoms with Gasteiger partial charge in [0.1, 0.15) is 0 Å². The van der Waals surface area contributed by atoms with Crippen LogP contribution in [0.15, 0.2) is 18.2 Å². The van der Waals surface area contributed by atoms with Crippen LogP contribution < -0.4 is 0 Å². The maximum absolute atomic E-state index is 13.0. The standard InChI is InChI=1S/C13H16F2/c1-3-9-5-6-10(4-2)11(7-9)12-8-13(12,14)15/h5-7,12H,3-4,8H2,1-2H3. The summed E-state index contributed by atoms with van der Waals surface area (Å²) in [5.41, 5.74) is 3.11. The summed E-state index contributed by atoms with van der Waals surface area (Å²) in [7, 11) is 0. The molecule has 0 spiro atoms. The first-order chi connectivity index (χ1) is 7.08. The number of aryl methyl sites for hydroxylation is 2. The molecule has 2 heteroatoms. The normalized spacial score (nSPS) is 22.8. The van der Waals surface area contributed by atoms with Crippen LogP contribution >= 0.6 is 0 Å². The summed E-state index contributed by atoms with van der Waals surface area (Å²) < 4.78 is 26.1. The topological polar surface area (TPSA) is 0 Å². The van der Waals surface area contributed by atoms with E-state index in [1.165, 1.54) is 0 Å². The molecule has 0 nitrogen and oxygen atoms in total. The summed E-state index contributed by atoms with van der Waals surface area (Å²) in [6, 6.07) is 6.01. The van der Waals surface area contributed by atoms with Gasteiger partial charge in [-0.05, 0) is 29.5 Å². The number of hydrogen-bond donors (Lipinski definition) is 0. The number of halogens is 2. The fourth-order valence-electron chi connectivity index (χ4n) is 2.06. The predicted molar refractivity (Wildman–Crippen MR) is 57.5 cm³/mol. The van der Waals surface area contributed by atoms with Crippen LogP contribution in [0.3, 0.4) is 0 Å². The van der Waals surface area contributed by atoms with E-state index in [4.69, 9.17) is 0 Å². The molecule has 2 rings (SSSR count). The minimum absolute atomic E-state index is 0.0349. The van der Waals surface area contributed by atoms with Crippen LogP contribution in [0.5, 0.6) is 0 Å². The van der Waals surface area contributed by atoms with Gasteiger partial charge in [-0.1, -0.05) is 32.0 Å². The van der Waals surface area contributed by atoms with E-state index in [-0.39, 0.29) is 6.42 Å². The lowest BCUT2D eigenvalue weighted by molar-refractivity contribution is 0.112. The van der Waals surface area contributed by atoms with Crippen LogP contribution in [0.4, 0.5) is 8.78 Å². The number of rotatable bonds is 3. The Balaban J connectivity index is 2.35. The van der Waals surface area contributed by atoms with E-state index in [9.17, 15) is 8.78 Å². The summed E-state index contributed by atoms with van der Waals surface area (Å²) in [6.07, 6.45) is 1.79. The maximum Gasteiger partial charge on any atom is 0.255 e. The molecule has 0 aliphatic heterocycles. The molecule has 1 aliphatic rings. The molecule has 0 aromatic heterocycles. The van der Waals surface area contributed by atoms with Crippen molar-refractivity contribution in [3.63, 3.8) is 0 Å². The van der Waals surface area contributed by atoms with Gasteiger partial charge in [0.15, 0.2) is 0 Å². The zero-order valence-electron chi connectivity index (χ0n) is 9.19. The lowest BCUT2D eigenvalue weighted by Crippen LogP contribution is -1.98. The molecule has 1 aromatic carbocycles. The number of benzene rings is 1. The summed E-state index contributed by atoms with van der Waals surface area (Å²) in [5, 5.41) is 0. The second-order valence-corrected chi connectivity index (χ2v) is 4.26. The molecule has 1 atom stereocenters. The van der Waals surface area contributed by atoms with E-state index in [0.717, 1.165) is 29.5 Å². The Morgan fingerprint density at radius 2 is 1.93 bits per heavy atom. The zero-order valence-corrected chi connectivity index (χ0v) is 9.19. The van der Waals surface area contributed by atoms with E-state index in [0.29, 0.717) is 0 Å². The minimum Gasteiger partial charge on any atom is -0.206 e. The predicted octanol–water partition coefficient (Wildman–Crippen LogP) is 3.93. The van der Waals surface area contributed by atoms with Crippen molar-refractivity contribution < 1.29 is 8.78 Å². The Labute approximate surface area is 89.3 Å². The van der Waals surface area contributed by atoms with Gasteiger partial charge in [0, 0.05) is 6.42 Å². The molecule has 0 saturated heterocycles. The van der Waals surface area contributed by atoms with Gasteiger partial charge in [0.25, 0.3) is 5.92 Å². The van der Waals surface area contributed by atoms with E-state index in [1.807, 2.05) is 25.1 Å². The van der Waals surface area contributed by atoms with Crippen molar-refractivity contribution in [2.24, 2.45) is 0 Å². The van der Waals surface area contributed by atoms with Crippen molar-refractivity contribution >= 4 is 0 Å².